The van der Waals surface area contributed by atoms with E-state index in [1.54, 1.807) is 9.82 Å². The van der Waals surface area contributed by atoms with Crippen LogP contribution in [0.1, 0.15) is 18.9 Å². The Balaban J connectivity index is 2.55. The van der Waals surface area contributed by atoms with Crippen molar-refractivity contribution in [3.05, 3.63) is 34.8 Å². The van der Waals surface area contributed by atoms with Crippen molar-refractivity contribution in [1.82, 2.24) is 0 Å². The second kappa shape index (κ2) is 3.47. The van der Waals surface area contributed by atoms with Crippen LogP contribution in [0.4, 0.5) is 0 Å². The van der Waals surface area contributed by atoms with E-state index in [0.717, 1.165) is 0 Å². The first-order chi connectivity index (χ1) is 5.92. The summed E-state index contributed by atoms with van der Waals surface area (Å²) in [5, 5.41) is 1.51. The Kier molecular flexibility index (Phi) is 2.34. The van der Waals surface area contributed by atoms with Gasteiger partial charge in [0, 0.05) is 0 Å². The van der Waals surface area contributed by atoms with Crippen LogP contribution in [0.25, 0.3) is 9.65 Å². The number of aryl methyl sites for hydroxylation is 1. The van der Waals surface area contributed by atoms with Crippen LogP contribution in [0.3, 0.4) is 0 Å². The number of fused-ring (bicyclic) bond motifs is 1. The number of benzene rings is 1. The molecule has 2 aromatic rings. The third-order valence-corrected chi connectivity index (χ3v) is 4.20. The Labute approximate surface area is 79.0 Å². The van der Waals surface area contributed by atoms with Gasteiger partial charge in [0.2, 0.25) is 0 Å². The van der Waals surface area contributed by atoms with Crippen molar-refractivity contribution in [2.45, 2.75) is 19.8 Å². The summed E-state index contributed by atoms with van der Waals surface area (Å²) in [6.45, 7) is 2.24. The van der Waals surface area contributed by atoms with E-state index in [1.165, 1.54) is 18.2 Å². The van der Waals surface area contributed by atoms with Gasteiger partial charge in [-0.15, -0.1) is 0 Å². The van der Waals surface area contributed by atoms with E-state index in [0.29, 0.717) is 14.5 Å². The van der Waals surface area contributed by atoms with Crippen LogP contribution in [0.2, 0.25) is 0 Å². The predicted molar refractivity (Wildman–Crippen MR) is 54.9 cm³/mol. The SMILES string of the molecule is CCCc1c[se]c2ccccc12. The van der Waals surface area contributed by atoms with Crippen molar-refractivity contribution in [3.8, 4) is 0 Å². The summed E-state index contributed by atoms with van der Waals surface area (Å²) in [6, 6.07) is 8.80. The van der Waals surface area contributed by atoms with Gasteiger partial charge in [-0.2, -0.15) is 0 Å². The van der Waals surface area contributed by atoms with E-state index in [-0.39, 0.29) is 0 Å². The molecule has 1 aromatic carbocycles. The molecule has 0 saturated carbocycles. The zero-order valence-corrected chi connectivity index (χ0v) is 8.92. The van der Waals surface area contributed by atoms with Gasteiger partial charge in [-0.05, 0) is 0 Å². The van der Waals surface area contributed by atoms with E-state index >= 15 is 0 Å². The molecule has 62 valence electrons. The molecule has 0 N–H and O–H groups in total. The molecular weight excluding hydrogens is 211 g/mol. The van der Waals surface area contributed by atoms with Gasteiger partial charge in [-0.25, -0.2) is 0 Å². The molecule has 0 spiro atoms. The topological polar surface area (TPSA) is 0 Å². The molecule has 0 radical (unpaired) electrons. The molecule has 0 nitrogen and oxygen atoms in total. The normalized spacial score (nSPS) is 10.8. The maximum atomic E-state index is 2.43. The Morgan fingerprint density at radius 2 is 2.08 bits per heavy atom. The van der Waals surface area contributed by atoms with E-state index in [9.17, 15) is 0 Å². The van der Waals surface area contributed by atoms with Gasteiger partial charge in [0.15, 0.2) is 0 Å². The van der Waals surface area contributed by atoms with Crippen LogP contribution >= 0.6 is 0 Å². The Morgan fingerprint density at radius 3 is 2.92 bits per heavy atom. The zero-order chi connectivity index (χ0) is 8.39. The van der Waals surface area contributed by atoms with Crippen molar-refractivity contribution in [2.75, 3.05) is 0 Å². The second-order valence-corrected chi connectivity index (χ2v) is 4.92. The van der Waals surface area contributed by atoms with Crippen LogP contribution in [-0.2, 0) is 6.42 Å². The van der Waals surface area contributed by atoms with Gasteiger partial charge in [0.05, 0.1) is 0 Å². The van der Waals surface area contributed by atoms with Gasteiger partial charge >= 0.3 is 78.7 Å². The molecule has 2 rings (SSSR count). The Morgan fingerprint density at radius 1 is 1.25 bits per heavy atom. The minimum atomic E-state index is 0.612. The minimum absolute atomic E-state index is 0.612. The molecule has 0 aliphatic rings. The van der Waals surface area contributed by atoms with E-state index < -0.39 is 0 Å². The average Bonchev–Trinajstić information content (AvgIpc) is 2.50. The number of hydrogen-bond donors (Lipinski definition) is 0. The molecule has 12 heavy (non-hydrogen) atoms. The van der Waals surface area contributed by atoms with E-state index in [2.05, 4.69) is 36.1 Å². The monoisotopic (exact) mass is 224 g/mol. The fourth-order valence-electron chi connectivity index (χ4n) is 1.50. The van der Waals surface area contributed by atoms with Crippen LogP contribution < -0.4 is 0 Å². The molecular formula is C11H12Se. The molecule has 0 aliphatic heterocycles. The summed E-state index contributed by atoms with van der Waals surface area (Å²) in [6.07, 6.45) is 2.51. The summed E-state index contributed by atoms with van der Waals surface area (Å²) in [7, 11) is 0. The van der Waals surface area contributed by atoms with Gasteiger partial charge in [0.1, 0.15) is 0 Å². The zero-order valence-electron chi connectivity index (χ0n) is 7.21. The van der Waals surface area contributed by atoms with Crippen LogP contribution in [0, 0.1) is 0 Å². The van der Waals surface area contributed by atoms with Gasteiger partial charge in [-0.3, -0.25) is 0 Å². The van der Waals surface area contributed by atoms with E-state index in [4.69, 9.17) is 0 Å². The van der Waals surface area contributed by atoms with Gasteiger partial charge < -0.3 is 0 Å². The van der Waals surface area contributed by atoms with Crippen LogP contribution in [0.15, 0.2) is 29.2 Å². The first kappa shape index (κ1) is 8.09. The van der Waals surface area contributed by atoms with Gasteiger partial charge in [0.25, 0.3) is 0 Å². The van der Waals surface area contributed by atoms with Crippen molar-refractivity contribution in [2.24, 2.45) is 0 Å². The number of hydrogen-bond acceptors (Lipinski definition) is 0. The predicted octanol–water partition coefficient (Wildman–Crippen LogP) is 2.85. The van der Waals surface area contributed by atoms with Crippen LogP contribution in [-0.4, -0.2) is 14.5 Å². The van der Waals surface area contributed by atoms with Crippen molar-refractivity contribution in [3.63, 3.8) is 0 Å². The fourth-order valence-corrected chi connectivity index (χ4v) is 3.59. The molecule has 1 heteroatoms. The summed E-state index contributed by atoms with van der Waals surface area (Å²) in [5.41, 5.74) is 1.58. The van der Waals surface area contributed by atoms with Crippen molar-refractivity contribution in [1.29, 1.82) is 0 Å². The van der Waals surface area contributed by atoms with Gasteiger partial charge in [-0.1, -0.05) is 0 Å². The molecule has 0 atom stereocenters. The van der Waals surface area contributed by atoms with E-state index in [1.807, 2.05) is 0 Å². The summed E-state index contributed by atoms with van der Waals surface area (Å²) in [5.74, 6) is 0. The Hall–Kier alpha value is -0.521. The first-order valence-corrected chi connectivity index (χ1v) is 6.21. The molecule has 0 amide bonds. The molecule has 0 bridgehead atoms. The average molecular weight is 223 g/mol. The summed E-state index contributed by atoms with van der Waals surface area (Å²) in [4.78, 5) is 2.43. The molecule has 1 heterocycles. The summed E-state index contributed by atoms with van der Waals surface area (Å²) < 4.78 is 1.56. The second-order valence-electron chi connectivity index (χ2n) is 3.01. The third kappa shape index (κ3) is 1.35. The molecule has 0 aliphatic carbocycles. The Bertz CT molecular complexity index is 373. The maximum absolute atomic E-state index is 2.43. The number of rotatable bonds is 2. The molecule has 0 fully saturated rings. The fraction of sp³-hybridized carbons (Fsp3) is 0.273. The van der Waals surface area contributed by atoms with Crippen molar-refractivity contribution < 1.29 is 0 Å². The molecule has 0 saturated heterocycles. The van der Waals surface area contributed by atoms with Crippen molar-refractivity contribution >= 4 is 24.1 Å². The quantitative estimate of drug-likeness (QED) is 0.687. The molecule has 1 aromatic heterocycles. The summed E-state index contributed by atoms with van der Waals surface area (Å²) >= 11 is 0.612. The third-order valence-electron chi connectivity index (χ3n) is 2.08. The standard InChI is InChI=1S/C11H12Se/c1-2-5-9-8-12-11-7-4-3-6-10(9)11/h3-4,6-8H,2,5H2,1H3. The van der Waals surface area contributed by atoms with Crippen LogP contribution in [0.5, 0.6) is 0 Å². The molecule has 0 unspecified atom stereocenters. The first-order valence-electron chi connectivity index (χ1n) is 4.37.